The Bertz CT molecular complexity index is 1010. The molecule has 0 aliphatic carbocycles. The first kappa shape index (κ1) is 17.4. The quantitative estimate of drug-likeness (QED) is 0.785. The smallest absolute Gasteiger partial charge is 0.280 e. The van der Waals surface area contributed by atoms with Gasteiger partial charge in [0.2, 0.25) is 5.43 Å². The van der Waals surface area contributed by atoms with Crippen LogP contribution >= 0.6 is 0 Å². The van der Waals surface area contributed by atoms with Crippen LogP contribution in [0.2, 0.25) is 0 Å². The molecule has 132 valence electrons. The first-order chi connectivity index (χ1) is 12.5. The zero-order chi connectivity index (χ0) is 18.7. The molecular weight excluding hydrogens is 330 g/mol. The SMILES string of the molecule is COc1ccc(-n2ccc(=O)c(C(=O)Nc3ccc(C)cc3C)n2)cc1. The molecule has 1 aromatic heterocycles. The molecule has 0 fully saturated rings. The minimum atomic E-state index is -0.537. The number of nitrogens with zero attached hydrogens (tertiary/aromatic N) is 2. The fourth-order valence-corrected chi connectivity index (χ4v) is 2.58. The van der Waals surface area contributed by atoms with Gasteiger partial charge in [0.1, 0.15) is 5.75 Å². The van der Waals surface area contributed by atoms with Crippen molar-refractivity contribution in [3.8, 4) is 11.4 Å². The lowest BCUT2D eigenvalue weighted by Crippen LogP contribution is -2.25. The second kappa shape index (κ2) is 7.23. The molecule has 0 bridgehead atoms. The third-order valence-electron chi connectivity index (χ3n) is 3.99. The molecule has 1 amide bonds. The molecule has 0 radical (unpaired) electrons. The van der Waals surface area contributed by atoms with E-state index in [4.69, 9.17) is 4.74 Å². The minimum Gasteiger partial charge on any atom is -0.497 e. The van der Waals surface area contributed by atoms with E-state index in [0.717, 1.165) is 11.1 Å². The molecule has 6 heteroatoms. The van der Waals surface area contributed by atoms with E-state index < -0.39 is 11.3 Å². The van der Waals surface area contributed by atoms with E-state index in [1.54, 1.807) is 31.4 Å². The Morgan fingerprint density at radius 2 is 1.81 bits per heavy atom. The number of hydrogen-bond acceptors (Lipinski definition) is 4. The van der Waals surface area contributed by atoms with Crippen molar-refractivity contribution in [3.05, 3.63) is 81.8 Å². The van der Waals surface area contributed by atoms with Gasteiger partial charge in [-0.3, -0.25) is 9.59 Å². The maximum Gasteiger partial charge on any atom is 0.280 e. The molecule has 3 aromatic rings. The molecule has 0 saturated carbocycles. The van der Waals surface area contributed by atoms with E-state index in [9.17, 15) is 9.59 Å². The van der Waals surface area contributed by atoms with Crippen molar-refractivity contribution in [1.82, 2.24) is 9.78 Å². The van der Waals surface area contributed by atoms with Crippen LogP contribution in [-0.2, 0) is 0 Å². The lowest BCUT2D eigenvalue weighted by molar-refractivity contribution is 0.101. The van der Waals surface area contributed by atoms with Gasteiger partial charge in [0.25, 0.3) is 5.91 Å². The maximum absolute atomic E-state index is 12.5. The van der Waals surface area contributed by atoms with Crippen LogP contribution in [0.4, 0.5) is 5.69 Å². The lowest BCUT2D eigenvalue weighted by atomic mass is 10.1. The Hall–Kier alpha value is -3.41. The molecule has 0 saturated heterocycles. The number of benzene rings is 2. The standard InChI is InChI=1S/C20H19N3O3/c1-13-4-9-17(14(2)12-13)21-20(25)19-18(24)10-11-23(22-19)15-5-7-16(26-3)8-6-15/h4-12H,1-3H3,(H,21,25). The molecule has 2 aromatic carbocycles. The van der Waals surface area contributed by atoms with Gasteiger partial charge < -0.3 is 10.1 Å². The summed E-state index contributed by atoms with van der Waals surface area (Å²) in [4.78, 5) is 24.7. The molecule has 0 atom stereocenters. The van der Waals surface area contributed by atoms with Crippen LogP contribution in [0, 0.1) is 13.8 Å². The molecule has 0 aliphatic heterocycles. The van der Waals surface area contributed by atoms with Crippen molar-refractivity contribution in [2.75, 3.05) is 12.4 Å². The van der Waals surface area contributed by atoms with E-state index in [-0.39, 0.29) is 5.69 Å². The molecule has 3 rings (SSSR count). The summed E-state index contributed by atoms with van der Waals surface area (Å²) in [7, 11) is 1.59. The van der Waals surface area contributed by atoms with Crippen molar-refractivity contribution < 1.29 is 9.53 Å². The van der Waals surface area contributed by atoms with Crippen molar-refractivity contribution >= 4 is 11.6 Å². The molecule has 1 heterocycles. The number of aryl methyl sites for hydroxylation is 2. The largest absolute Gasteiger partial charge is 0.497 e. The van der Waals surface area contributed by atoms with E-state index in [1.165, 1.54) is 16.9 Å². The summed E-state index contributed by atoms with van der Waals surface area (Å²) in [6.07, 6.45) is 1.53. The molecule has 0 aliphatic rings. The van der Waals surface area contributed by atoms with Gasteiger partial charge in [0, 0.05) is 18.0 Å². The van der Waals surface area contributed by atoms with Gasteiger partial charge in [0.15, 0.2) is 5.69 Å². The number of amides is 1. The van der Waals surface area contributed by atoms with E-state index in [2.05, 4.69) is 10.4 Å². The van der Waals surface area contributed by atoms with Crippen LogP contribution in [0.15, 0.2) is 59.5 Å². The highest BCUT2D eigenvalue weighted by molar-refractivity contribution is 6.03. The number of methoxy groups -OCH3 is 1. The van der Waals surface area contributed by atoms with E-state index >= 15 is 0 Å². The van der Waals surface area contributed by atoms with Crippen molar-refractivity contribution in [3.63, 3.8) is 0 Å². The first-order valence-corrected chi connectivity index (χ1v) is 8.11. The molecule has 0 spiro atoms. The number of aromatic nitrogens is 2. The first-order valence-electron chi connectivity index (χ1n) is 8.11. The number of rotatable bonds is 4. The Morgan fingerprint density at radius 1 is 1.08 bits per heavy atom. The topological polar surface area (TPSA) is 73.2 Å². The molecule has 26 heavy (non-hydrogen) atoms. The van der Waals surface area contributed by atoms with E-state index in [1.807, 2.05) is 32.0 Å². The number of carbonyl (C=O) groups excluding carboxylic acids is 1. The van der Waals surface area contributed by atoms with Gasteiger partial charge in [-0.1, -0.05) is 17.7 Å². The van der Waals surface area contributed by atoms with Gasteiger partial charge in [-0.15, -0.1) is 0 Å². The van der Waals surface area contributed by atoms with Crippen LogP contribution in [-0.4, -0.2) is 22.8 Å². The number of anilines is 1. The fourth-order valence-electron chi connectivity index (χ4n) is 2.58. The number of nitrogens with one attached hydrogen (secondary N) is 1. The Kier molecular flexibility index (Phi) is 4.84. The Morgan fingerprint density at radius 3 is 2.46 bits per heavy atom. The van der Waals surface area contributed by atoms with Crippen molar-refractivity contribution in [2.24, 2.45) is 0 Å². The summed E-state index contributed by atoms with van der Waals surface area (Å²) >= 11 is 0. The molecule has 1 N–H and O–H groups in total. The summed E-state index contributed by atoms with van der Waals surface area (Å²) in [5.41, 5.74) is 2.79. The van der Waals surface area contributed by atoms with Crippen LogP contribution in [0.3, 0.4) is 0 Å². The minimum absolute atomic E-state index is 0.164. The van der Waals surface area contributed by atoms with Gasteiger partial charge in [-0.05, 0) is 49.7 Å². The molecule has 6 nitrogen and oxygen atoms in total. The number of carbonyl (C=O) groups is 1. The van der Waals surface area contributed by atoms with Crippen molar-refractivity contribution in [1.29, 1.82) is 0 Å². The van der Waals surface area contributed by atoms with E-state index in [0.29, 0.717) is 17.1 Å². The zero-order valence-corrected chi connectivity index (χ0v) is 14.8. The second-order valence-corrected chi connectivity index (χ2v) is 5.94. The normalized spacial score (nSPS) is 10.4. The predicted octanol–water partition coefficient (Wildman–Crippen LogP) is 3.11. The van der Waals surface area contributed by atoms with Gasteiger partial charge in [-0.25, -0.2) is 4.68 Å². The monoisotopic (exact) mass is 349 g/mol. The summed E-state index contributed by atoms with van der Waals surface area (Å²) < 4.78 is 6.61. The van der Waals surface area contributed by atoms with Crippen molar-refractivity contribution in [2.45, 2.75) is 13.8 Å². The number of hydrogen-bond donors (Lipinski definition) is 1. The number of ether oxygens (including phenoxy) is 1. The van der Waals surface area contributed by atoms with Crippen LogP contribution in [0.1, 0.15) is 21.6 Å². The molecular formula is C20H19N3O3. The second-order valence-electron chi connectivity index (χ2n) is 5.94. The van der Waals surface area contributed by atoms with Gasteiger partial charge in [-0.2, -0.15) is 5.10 Å². The predicted molar refractivity (Wildman–Crippen MR) is 100 cm³/mol. The highest BCUT2D eigenvalue weighted by Crippen LogP contribution is 2.17. The van der Waals surface area contributed by atoms with Crippen LogP contribution in [0.25, 0.3) is 5.69 Å². The van der Waals surface area contributed by atoms with Crippen LogP contribution < -0.4 is 15.5 Å². The summed E-state index contributed by atoms with van der Waals surface area (Å²) in [6, 6.07) is 14.2. The summed E-state index contributed by atoms with van der Waals surface area (Å²) in [5.74, 6) is 0.174. The van der Waals surface area contributed by atoms with Crippen LogP contribution in [0.5, 0.6) is 5.75 Å². The average molecular weight is 349 g/mol. The maximum atomic E-state index is 12.5. The Balaban J connectivity index is 1.91. The lowest BCUT2D eigenvalue weighted by Gasteiger charge is -2.10. The third-order valence-corrected chi connectivity index (χ3v) is 3.99. The fraction of sp³-hybridized carbons (Fsp3) is 0.150. The Labute approximate surface area is 151 Å². The zero-order valence-electron chi connectivity index (χ0n) is 14.8. The highest BCUT2D eigenvalue weighted by atomic mass is 16.5. The highest BCUT2D eigenvalue weighted by Gasteiger charge is 2.14. The average Bonchev–Trinajstić information content (AvgIpc) is 2.64. The summed E-state index contributed by atoms with van der Waals surface area (Å²) in [6.45, 7) is 3.88. The molecule has 0 unspecified atom stereocenters. The third kappa shape index (κ3) is 3.64. The van der Waals surface area contributed by atoms with Gasteiger partial charge >= 0.3 is 0 Å². The summed E-state index contributed by atoms with van der Waals surface area (Å²) in [5, 5.41) is 6.95. The van der Waals surface area contributed by atoms with Gasteiger partial charge in [0.05, 0.1) is 12.8 Å².